The molecule has 0 radical (unpaired) electrons. The summed E-state index contributed by atoms with van der Waals surface area (Å²) in [6.07, 6.45) is 0. The highest BCUT2D eigenvalue weighted by atomic mass is 15.0. The molecule has 0 fully saturated rings. The van der Waals surface area contributed by atoms with Crippen LogP contribution in [0.2, 0.25) is 0 Å². The van der Waals surface area contributed by atoms with Gasteiger partial charge in [-0.15, -0.1) is 0 Å². The molecular formula is C55H35N5. The zero-order chi connectivity index (χ0) is 39.6. The monoisotopic (exact) mass is 765 g/mol. The standard InChI is InChI=1S/C55H35N5/c1-3-13-38(14-4-1)53-56-54(58-55(57-53)42-29-32-47-45-19-9-11-21-49(45)59(51(47)35-42)43-17-5-2-6-18-43)39-25-23-36(24-26-39)37-27-30-44(31-28-37)60-50-22-12-10-20-46(50)48-33-40-15-7-8-16-41(40)34-52(48)60/h1-35H. The molecule has 280 valence electrons. The Kier molecular flexibility index (Phi) is 7.78. The number of nitrogens with zero attached hydrogens (tertiary/aromatic N) is 5. The summed E-state index contributed by atoms with van der Waals surface area (Å²) in [7, 11) is 0. The molecule has 9 aromatic carbocycles. The highest BCUT2D eigenvalue weighted by Gasteiger charge is 2.18. The van der Waals surface area contributed by atoms with Crippen molar-refractivity contribution in [2.45, 2.75) is 0 Å². The topological polar surface area (TPSA) is 48.5 Å². The average Bonchev–Trinajstić information content (AvgIpc) is 3.83. The van der Waals surface area contributed by atoms with E-state index < -0.39 is 0 Å². The van der Waals surface area contributed by atoms with Crippen LogP contribution < -0.4 is 0 Å². The molecule has 0 saturated carbocycles. The van der Waals surface area contributed by atoms with Crippen LogP contribution in [0.15, 0.2) is 212 Å². The summed E-state index contributed by atoms with van der Waals surface area (Å²) in [5.41, 5.74) is 12.0. The van der Waals surface area contributed by atoms with Crippen LogP contribution in [-0.4, -0.2) is 24.1 Å². The third kappa shape index (κ3) is 5.59. The second-order valence-corrected chi connectivity index (χ2v) is 15.3. The summed E-state index contributed by atoms with van der Waals surface area (Å²) in [5, 5.41) is 7.39. The molecule has 0 aliphatic rings. The van der Waals surface area contributed by atoms with Crippen LogP contribution in [0.3, 0.4) is 0 Å². The predicted molar refractivity (Wildman–Crippen MR) is 248 cm³/mol. The van der Waals surface area contributed by atoms with Crippen LogP contribution in [0.4, 0.5) is 0 Å². The minimum Gasteiger partial charge on any atom is -0.309 e. The van der Waals surface area contributed by atoms with E-state index >= 15 is 0 Å². The lowest BCUT2D eigenvalue weighted by molar-refractivity contribution is 1.07. The van der Waals surface area contributed by atoms with Gasteiger partial charge >= 0.3 is 0 Å². The lowest BCUT2D eigenvalue weighted by Gasteiger charge is -2.11. The maximum Gasteiger partial charge on any atom is 0.164 e. The fourth-order valence-corrected chi connectivity index (χ4v) is 8.86. The van der Waals surface area contributed by atoms with Crippen LogP contribution in [0, 0.1) is 0 Å². The van der Waals surface area contributed by atoms with Crippen molar-refractivity contribution < 1.29 is 0 Å². The molecule has 0 unspecified atom stereocenters. The maximum atomic E-state index is 5.14. The first kappa shape index (κ1) is 33.9. The molecule has 0 aliphatic heterocycles. The Bertz CT molecular complexity index is 3570. The van der Waals surface area contributed by atoms with Gasteiger partial charge in [0, 0.05) is 49.6 Å². The third-order valence-corrected chi connectivity index (χ3v) is 11.8. The zero-order valence-electron chi connectivity index (χ0n) is 32.4. The Morgan fingerprint density at radius 3 is 1.32 bits per heavy atom. The zero-order valence-corrected chi connectivity index (χ0v) is 32.4. The van der Waals surface area contributed by atoms with Crippen LogP contribution in [-0.2, 0) is 0 Å². The van der Waals surface area contributed by atoms with E-state index in [2.05, 4.69) is 191 Å². The van der Waals surface area contributed by atoms with Crippen molar-refractivity contribution in [2.24, 2.45) is 0 Å². The number of benzene rings is 9. The van der Waals surface area contributed by atoms with E-state index in [1.54, 1.807) is 0 Å². The lowest BCUT2D eigenvalue weighted by atomic mass is 10.0. The summed E-state index contributed by atoms with van der Waals surface area (Å²) >= 11 is 0. The van der Waals surface area contributed by atoms with Gasteiger partial charge in [-0.05, 0) is 76.5 Å². The maximum absolute atomic E-state index is 5.14. The van der Waals surface area contributed by atoms with E-state index in [-0.39, 0.29) is 0 Å². The smallest absolute Gasteiger partial charge is 0.164 e. The number of aromatic nitrogens is 5. The first-order valence-electron chi connectivity index (χ1n) is 20.3. The van der Waals surface area contributed by atoms with Crippen LogP contribution >= 0.6 is 0 Å². The molecule has 0 amide bonds. The molecule has 3 heterocycles. The summed E-state index contributed by atoms with van der Waals surface area (Å²) in [6, 6.07) is 75.1. The Hall–Kier alpha value is -8.15. The van der Waals surface area contributed by atoms with Gasteiger partial charge in [-0.1, -0.05) is 158 Å². The van der Waals surface area contributed by atoms with E-state index in [1.165, 1.54) is 43.4 Å². The molecule has 3 aromatic heterocycles. The van der Waals surface area contributed by atoms with E-state index in [9.17, 15) is 0 Å². The van der Waals surface area contributed by atoms with Gasteiger partial charge in [-0.25, -0.2) is 15.0 Å². The van der Waals surface area contributed by atoms with Gasteiger partial charge in [-0.3, -0.25) is 0 Å². The molecule has 0 atom stereocenters. The van der Waals surface area contributed by atoms with Gasteiger partial charge in [0.15, 0.2) is 17.5 Å². The van der Waals surface area contributed by atoms with Crippen LogP contribution in [0.25, 0.3) is 111 Å². The fraction of sp³-hybridized carbons (Fsp3) is 0. The summed E-state index contributed by atoms with van der Waals surface area (Å²) in [6.45, 7) is 0. The van der Waals surface area contributed by atoms with Gasteiger partial charge in [-0.2, -0.15) is 0 Å². The van der Waals surface area contributed by atoms with E-state index in [0.717, 1.165) is 50.2 Å². The van der Waals surface area contributed by atoms with Crippen molar-refractivity contribution >= 4 is 54.4 Å². The van der Waals surface area contributed by atoms with Crippen LogP contribution in [0.5, 0.6) is 0 Å². The minimum absolute atomic E-state index is 0.628. The number of rotatable bonds is 6. The van der Waals surface area contributed by atoms with Gasteiger partial charge < -0.3 is 9.13 Å². The molecule has 0 spiro atoms. The van der Waals surface area contributed by atoms with Crippen molar-refractivity contribution in [3.63, 3.8) is 0 Å². The van der Waals surface area contributed by atoms with Crippen molar-refractivity contribution in [3.05, 3.63) is 212 Å². The van der Waals surface area contributed by atoms with Crippen molar-refractivity contribution in [1.82, 2.24) is 24.1 Å². The molecule has 12 aromatic rings. The Morgan fingerprint density at radius 2 is 0.667 bits per heavy atom. The molecule has 5 heteroatoms. The molecule has 0 saturated heterocycles. The highest BCUT2D eigenvalue weighted by Crippen LogP contribution is 2.37. The Labute approximate surface area is 346 Å². The van der Waals surface area contributed by atoms with E-state index in [1.807, 2.05) is 30.3 Å². The summed E-state index contributed by atoms with van der Waals surface area (Å²) < 4.78 is 4.70. The van der Waals surface area contributed by atoms with Gasteiger partial charge in [0.05, 0.1) is 22.1 Å². The van der Waals surface area contributed by atoms with Crippen molar-refractivity contribution in [2.75, 3.05) is 0 Å². The molecule has 5 nitrogen and oxygen atoms in total. The number of para-hydroxylation sites is 3. The predicted octanol–water partition coefficient (Wildman–Crippen LogP) is 13.9. The SMILES string of the molecule is c1ccc(-c2nc(-c3ccc(-c4ccc(-n5c6ccccc6c6cc7ccccc7cc65)cc4)cc3)nc(-c3ccc4c5ccccc5n(-c5ccccc5)c4c3)n2)cc1. The third-order valence-electron chi connectivity index (χ3n) is 11.8. The second kappa shape index (κ2) is 13.8. The second-order valence-electron chi connectivity index (χ2n) is 15.3. The minimum atomic E-state index is 0.628. The molecule has 12 rings (SSSR count). The number of hydrogen-bond donors (Lipinski definition) is 0. The normalized spacial score (nSPS) is 11.7. The lowest BCUT2D eigenvalue weighted by Crippen LogP contribution is -2.00. The Balaban J connectivity index is 0.927. The first-order chi connectivity index (χ1) is 29.7. The van der Waals surface area contributed by atoms with Crippen molar-refractivity contribution in [3.8, 4) is 56.7 Å². The highest BCUT2D eigenvalue weighted by molar-refractivity contribution is 6.14. The quantitative estimate of drug-likeness (QED) is 0.169. The molecule has 0 aliphatic carbocycles. The largest absolute Gasteiger partial charge is 0.309 e. The molecule has 0 N–H and O–H groups in total. The molecule has 60 heavy (non-hydrogen) atoms. The van der Waals surface area contributed by atoms with Crippen molar-refractivity contribution in [1.29, 1.82) is 0 Å². The van der Waals surface area contributed by atoms with Gasteiger partial charge in [0.25, 0.3) is 0 Å². The van der Waals surface area contributed by atoms with E-state index in [0.29, 0.717) is 17.5 Å². The number of hydrogen-bond acceptors (Lipinski definition) is 3. The van der Waals surface area contributed by atoms with Crippen LogP contribution in [0.1, 0.15) is 0 Å². The van der Waals surface area contributed by atoms with Gasteiger partial charge in [0.1, 0.15) is 0 Å². The van der Waals surface area contributed by atoms with Gasteiger partial charge in [0.2, 0.25) is 0 Å². The molecule has 0 bridgehead atoms. The summed E-state index contributed by atoms with van der Waals surface area (Å²) in [4.78, 5) is 15.3. The first-order valence-corrected chi connectivity index (χ1v) is 20.3. The fourth-order valence-electron chi connectivity index (χ4n) is 8.86. The molecular weight excluding hydrogens is 731 g/mol. The van der Waals surface area contributed by atoms with E-state index in [4.69, 9.17) is 15.0 Å². The Morgan fingerprint density at radius 1 is 0.250 bits per heavy atom. The summed E-state index contributed by atoms with van der Waals surface area (Å²) in [5.74, 6) is 1.89. The number of fused-ring (bicyclic) bond motifs is 7. The average molecular weight is 766 g/mol.